The molecule has 0 radical (unpaired) electrons. The molecule has 0 aliphatic heterocycles. The van der Waals surface area contributed by atoms with E-state index in [4.69, 9.17) is 6.42 Å². The van der Waals surface area contributed by atoms with Gasteiger partial charge in [-0.25, -0.2) is 9.18 Å². The van der Waals surface area contributed by atoms with Crippen LogP contribution < -0.4 is 5.32 Å². The van der Waals surface area contributed by atoms with Crippen molar-refractivity contribution in [2.45, 2.75) is 32.4 Å². The summed E-state index contributed by atoms with van der Waals surface area (Å²) in [6.07, 6.45) is 6.81. The van der Waals surface area contributed by atoms with E-state index in [2.05, 4.69) is 16.0 Å². The van der Waals surface area contributed by atoms with Gasteiger partial charge in [-0.15, -0.1) is 12.3 Å². The second-order valence-electron chi connectivity index (χ2n) is 4.20. The average molecular weight is 263 g/mol. The molecule has 0 bridgehead atoms. The summed E-state index contributed by atoms with van der Waals surface area (Å²) in [5.74, 6) is 1.36. The van der Waals surface area contributed by atoms with E-state index in [1.807, 2.05) is 6.92 Å². The first-order chi connectivity index (χ1) is 9.12. The van der Waals surface area contributed by atoms with Crippen LogP contribution in [-0.2, 0) is 11.3 Å². The van der Waals surface area contributed by atoms with Crippen LogP contribution in [0.4, 0.5) is 4.39 Å². The molecule has 0 fully saturated rings. The SMILES string of the molecule is C#CCC(CC)NCc1ccc(C(=O)OC)c(F)c1. The smallest absolute Gasteiger partial charge is 0.340 e. The first kappa shape index (κ1) is 15.2. The van der Waals surface area contributed by atoms with Crippen LogP contribution in [0.1, 0.15) is 35.7 Å². The molecular weight excluding hydrogens is 245 g/mol. The molecule has 19 heavy (non-hydrogen) atoms. The summed E-state index contributed by atoms with van der Waals surface area (Å²) < 4.78 is 18.2. The van der Waals surface area contributed by atoms with Crippen molar-refractivity contribution < 1.29 is 13.9 Å². The summed E-state index contributed by atoms with van der Waals surface area (Å²) in [6, 6.07) is 4.68. The van der Waals surface area contributed by atoms with Crippen molar-refractivity contribution in [2.75, 3.05) is 7.11 Å². The number of halogens is 1. The molecule has 0 spiro atoms. The topological polar surface area (TPSA) is 38.3 Å². The summed E-state index contributed by atoms with van der Waals surface area (Å²) in [5, 5.41) is 3.25. The third-order valence-corrected chi connectivity index (χ3v) is 2.89. The van der Waals surface area contributed by atoms with Crippen LogP contribution in [0.2, 0.25) is 0 Å². The van der Waals surface area contributed by atoms with E-state index in [-0.39, 0.29) is 11.6 Å². The molecule has 3 nitrogen and oxygen atoms in total. The molecule has 0 amide bonds. The van der Waals surface area contributed by atoms with Gasteiger partial charge in [-0.3, -0.25) is 0 Å². The molecule has 0 aliphatic carbocycles. The summed E-state index contributed by atoms with van der Waals surface area (Å²) in [7, 11) is 1.23. The Labute approximate surface area is 113 Å². The Balaban J connectivity index is 2.69. The number of methoxy groups -OCH3 is 1. The van der Waals surface area contributed by atoms with E-state index >= 15 is 0 Å². The maximum Gasteiger partial charge on any atom is 0.340 e. The van der Waals surface area contributed by atoms with Crippen LogP contribution in [-0.4, -0.2) is 19.1 Å². The fourth-order valence-corrected chi connectivity index (χ4v) is 1.71. The normalized spacial score (nSPS) is 11.7. The van der Waals surface area contributed by atoms with Gasteiger partial charge in [0, 0.05) is 19.0 Å². The number of nitrogens with one attached hydrogen (secondary N) is 1. The molecule has 0 saturated carbocycles. The van der Waals surface area contributed by atoms with Gasteiger partial charge in [-0.1, -0.05) is 13.0 Å². The Kier molecular flexibility index (Phi) is 6.04. The monoisotopic (exact) mass is 263 g/mol. The van der Waals surface area contributed by atoms with Crippen molar-refractivity contribution >= 4 is 5.97 Å². The first-order valence-corrected chi connectivity index (χ1v) is 6.16. The number of rotatable bonds is 6. The maximum atomic E-state index is 13.7. The van der Waals surface area contributed by atoms with Gasteiger partial charge in [0.1, 0.15) is 5.82 Å². The van der Waals surface area contributed by atoms with E-state index in [1.165, 1.54) is 19.2 Å². The highest BCUT2D eigenvalue weighted by Gasteiger charge is 2.12. The molecule has 1 aromatic carbocycles. The van der Waals surface area contributed by atoms with Crippen LogP contribution in [0.25, 0.3) is 0 Å². The van der Waals surface area contributed by atoms with E-state index < -0.39 is 11.8 Å². The van der Waals surface area contributed by atoms with Crippen LogP contribution in [0.5, 0.6) is 0 Å². The van der Waals surface area contributed by atoms with Gasteiger partial charge >= 0.3 is 5.97 Å². The lowest BCUT2D eigenvalue weighted by Crippen LogP contribution is -2.27. The van der Waals surface area contributed by atoms with Crippen molar-refractivity contribution in [1.29, 1.82) is 0 Å². The lowest BCUT2D eigenvalue weighted by Gasteiger charge is -2.14. The van der Waals surface area contributed by atoms with E-state index in [1.54, 1.807) is 6.07 Å². The molecule has 1 unspecified atom stereocenters. The predicted octanol–water partition coefficient (Wildman–Crippen LogP) is 2.50. The van der Waals surface area contributed by atoms with E-state index in [0.717, 1.165) is 12.0 Å². The van der Waals surface area contributed by atoms with Gasteiger partial charge in [-0.2, -0.15) is 0 Å². The number of esters is 1. The van der Waals surface area contributed by atoms with E-state index in [0.29, 0.717) is 13.0 Å². The largest absolute Gasteiger partial charge is 0.465 e. The number of terminal acetylenes is 1. The molecule has 0 saturated heterocycles. The summed E-state index contributed by atoms with van der Waals surface area (Å²) >= 11 is 0. The number of carbonyl (C=O) groups is 1. The highest BCUT2D eigenvalue weighted by atomic mass is 19.1. The van der Waals surface area contributed by atoms with Crippen molar-refractivity contribution in [3.05, 3.63) is 35.1 Å². The van der Waals surface area contributed by atoms with Gasteiger partial charge in [0.25, 0.3) is 0 Å². The van der Waals surface area contributed by atoms with Gasteiger partial charge < -0.3 is 10.1 Å². The quantitative estimate of drug-likeness (QED) is 0.633. The standard InChI is InChI=1S/C15H18FNO2/c1-4-6-12(5-2)17-10-11-7-8-13(14(16)9-11)15(18)19-3/h1,7-9,12,17H,5-6,10H2,2-3H3. The highest BCUT2D eigenvalue weighted by Crippen LogP contribution is 2.12. The zero-order valence-electron chi connectivity index (χ0n) is 11.2. The molecule has 4 heteroatoms. The van der Waals surface area contributed by atoms with Crippen LogP contribution in [0.15, 0.2) is 18.2 Å². The molecule has 0 heterocycles. The summed E-state index contributed by atoms with van der Waals surface area (Å²) in [5.41, 5.74) is 0.711. The maximum absolute atomic E-state index is 13.7. The van der Waals surface area contributed by atoms with Crippen LogP contribution >= 0.6 is 0 Å². The molecule has 1 N–H and O–H groups in total. The number of hydrogen-bond acceptors (Lipinski definition) is 3. The van der Waals surface area contributed by atoms with Crippen LogP contribution in [0, 0.1) is 18.2 Å². The highest BCUT2D eigenvalue weighted by molar-refractivity contribution is 5.89. The zero-order valence-corrected chi connectivity index (χ0v) is 11.2. The van der Waals surface area contributed by atoms with Gasteiger partial charge in [0.05, 0.1) is 12.7 Å². The molecule has 0 aromatic heterocycles. The number of carbonyl (C=O) groups excluding carboxylic acids is 1. The molecule has 0 aliphatic rings. The van der Waals surface area contributed by atoms with Crippen molar-refractivity contribution in [3.63, 3.8) is 0 Å². The Morgan fingerprint density at radius 2 is 2.32 bits per heavy atom. The fourth-order valence-electron chi connectivity index (χ4n) is 1.71. The van der Waals surface area contributed by atoms with Crippen molar-refractivity contribution in [3.8, 4) is 12.3 Å². The third-order valence-electron chi connectivity index (χ3n) is 2.89. The average Bonchev–Trinajstić information content (AvgIpc) is 2.42. The zero-order chi connectivity index (χ0) is 14.3. The Hall–Kier alpha value is -1.86. The number of benzene rings is 1. The van der Waals surface area contributed by atoms with Crippen molar-refractivity contribution in [1.82, 2.24) is 5.32 Å². The summed E-state index contributed by atoms with van der Waals surface area (Å²) in [6.45, 7) is 2.55. The van der Waals surface area contributed by atoms with Crippen molar-refractivity contribution in [2.24, 2.45) is 0 Å². The summed E-state index contributed by atoms with van der Waals surface area (Å²) in [4.78, 5) is 11.2. The van der Waals surface area contributed by atoms with Gasteiger partial charge in [0.15, 0.2) is 0 Å². The second kappa shape index (κ2) is 7.55. The lowest BCUT2D eigenvalue weighted by atomic mass is 10.1. The fraction of sp³-hybridized carbons (Fsp3) is 0.400. The molecule has 1 atom stereocenters. The Morgan fingerprint density at radius 1 is 1.58 bits per heavy atom. The minimum atomic E-state index is -0.671. The minimum absolute atomic E-state index is 0.0538. The Morgan fingerprint density at radius 3 is 2.84 bits per heavy atom. The second-order valence-corrected chi connectivity index (χ2v) is 4.20. The van der Waals surface area contributed by atoms with Crippen LogP contribution in [0.3, 0.4) is 0 Å². The minimum Gasteiger partial charge on any atom is -0.465 e. The van der Waals surface area contributed by atoms with Gasteiger partial charge in [-0.05, 0) is 24.1 Å². The predicted molar refractivity (Wildman–Crippen MR) is 72.1 cm³/mol. The lowest BCUT2D eigenvalue weighted by molar-refractivity contribution is 0.0595. The van der Waals surface area contributed by atoms with E-state index in [9.17, 15) is 9.18 Å². The number of ether oxygens (including phenoxy) is 1. The van der Waals surface area contributed by atoms with Gasteiger partial charge in [0.2, 0.25) is 0 Å². The third kappa shape index (κ3) is 4.38. The number of hydrogen-bond donors (Lipinski definition) is 1. The Bertz CT molecular complexity index is 480. The molecule has 1 aromatic rings. The molecule has 102 valence electrons. The molecular formula is C15H18FNO2. The molecule has 1 rings (SSSR count). The first-order valence-electron chi connectivity index (χ1n) is 6.16.